The van der Waals surface area contributed by atoms with Crippen LogP contribution < -0.4 is 11.3 Å². The third-order valence-corrected chi connectivity index (χ3v) is 6.79. The van der Waals surface area contributed by atoms with Crippen molar-refractivity contribution in [2.75, 3.05) is 0 Å². The zero-order valence-corrected chi connectivity index (χ0v) is 15.1. The molecular formula is C14H17BrN4S2. The van der Waals surface area contributed by atoms with Gasteiger partial charge in [0.1, 0.15) is 0 Å². The van der Waals surface area contributed by atoms with E-state index in [1.54, 1.807) is 22.7 Å². The van der Waals surface area contributed by atoms with Gasteiger partial charge in [0.25, 0.3) is 0 Å². The van der Waals surface area contributed by atoms with Crippen LogP contribution in [0.4, 0.5) is 0 Å². The highest BCUT2D eigenvalue weighted by molar-refractivity contribution is 9.10. The minimum absolute atomic E-state index is 0.104. The standard InChI is InChI=1S/C14H17BrN4S2/c1-3-19-10(14(15)8(2)18-19)6-9(17-16)12-7-13-11(21-12)4-5-20-13/h4-5,7,9,17H,3,6,16H2,1-2H3. The van der Waals surface area contributed by atoms with E-state index in [1.165, 1.54) is 20.0 Å². The van der Waals surface area contributed by atoms with Gasteiger partial charge in [0.05, 0.1) is 21.9 Å². The lowest BCUT2D eigenvalue weighted by atomic mass is 10.1. The third kappa shape index (κ3) is 2.80. The van der Waals surface area contributed by atoms with Crippen molar-refractivity contribution < 1.29 is 0 Å². The molecule has 0 radical (unpaired) electrons. The number of nitrogens with zero attached hydrogens (tertiary/aromatic N) is 2. The summed E-state index contributed by atoms with van der Waals surface area (Å²) < 4.78 is 5.78. The van der Waals surface area contributed by atoms with E-state index in [0.29, 0.717) is 0 Å². The van der Waals surface area contributed by atoms with Crippen molar-refractivity contribution in [2.45, 2.75) is 32.9 Å². The highest BCUT2D eigenvalue weighted by Gasteiger charge is 2.20. The van der Waals surface area contributed by atoms with Gasteiger partial charge in [-0.3, -0.25) is 16.0 Å². The molecule has 7 heteroatoms. The van der Waals surface area contributed by atoms with Gasteiger partial charge in [-0.05, 0) is 47.3 Å². The number of hydrogen-bond acceptors (Lipinski definition) is 5. The number of rotatable bonds is 5. The Hall–Kier alpha value is -0.730. The van der Waals surface area contributed by atoms with E-state index in [2.05, 4.69) is 50.9 Å². The molecule has 4 nitrogen and oxygen atoms in total. The first kappa shape index (κ1) is 15.2. The maximum atomic E-state index is 5.81. The summed E-state index contributed by atoms with van der Waals surface area (Å²) in [7, 11) is 0. The summed E-state index contributed by atoms with van der Waals surface area (Å²) >= 11 is 7.23. The number of hydrazine groups is 1. The van der Waals surface area contributed by atoms with Crippen LogP contribution in [-0.2, 0) is 13.0 Å². The fraction of sp³-hybridized carbons (Fsp3) is 0.357. The first-order valence-corrected chi connectivity index (χ1v) is 9.27. The fourth-order valence-electron chi connectivity index (χ4n) is 2.46. The highest BCUT2D eigenvalue weighted by Crippen LogP contribution is 2.35. The molecule has 0 aliphatic rings. The van der Waals surface area contributed by atoms with Gasteiger partial charge < -0.3 is 0 Å². The number of nitrogens with two attached hydrogens (primary N) is 1. The first-order valence-electron chi connectivity index (χ1n) is 6.78. The number of nitrogens with one attached hydrogen (secondary N) is 1. The van der Waals surface area contributed by atoms with E-state index >= 15 is 0 Å². The molecule has 1 unspecified atom stereocenters. The summed E-state index contributed by atoms with van der Waals surface area (Å²) in [6, 6.07) is 4.51. The van der Waals surface area contributed by atoms with Crippen LogP contribution >= 0.6 is 38.6 Å². The number of aromatic nitrogens is 2. The van der Waals surface area contributed by atoms with Crippen molar-refractivity contribution in [2.24, 2.45) is 5.84 Å². The molecule has 0 aliphatic carbocycles. The minimum atomic E-state index is 0.104. The Morgan fingerprint density at radius 2 is 2.29 bits per heavy atom. The second-order valence-corrected chi connectivity index (χ2v) is 7.74. The topological polar surface area (TPSA) is 55.9 Å². The largest absolute Gasteiger partial charge is 0.271 e. The Labute approximate surface area is 140 Å². The second kappa shape index (κ2) is 6.18. The molecule has 0 saturated heterocycles. The molecule has 1 atom stereocenters. The lowest BCUT2D eigenvalue weighted by molar-refractivity contribution is 0.522. The van der Waals surface area contributed by atoms with Gasteiger partial charge >= 0.3 is 0 Å². The molecule has 3 aromatic rings. The van der Waals surface area contributed by atoms with E-state index in [-0.39, 0.29) is 6.04 Å². The van der Waals surface area contributed by atoms with E-state index in [1.807, 2.05) is 11.6 Å². The summed E-state index contributed by atoms with van der Waals surface area (Å²) in [5.41, 5.74) is 5.17. The van der Waals surface area contributed by atoms with Crippen LogP contribution in [0.3, 0.4) is 0 Å². The van der Waals surface area contributed by atoms with E-state index in [9.17, 15) is 0 Å². The second-order valence-electron chi connectivity index (χ2n) is 4.88. The van der Waals surface area contributed by atoms with Crippen molar-refractivity contribution in [3.8, 4) is 0 Å². The van der Waals surface area contributed by atoms with Crippen molar-refractivity contribution in [1.29, 1.82) is 0 Å². The summed E-state index contributed by atoms with van der Waals surface area (Å²) in [5, 5.41) is 6.68. The summed E-state index contributed by atoms with van der Waals surface area (Å²) in [5.74, 6) is 5.81. The molecule has 0 bridgehead atoms. The molecule has 0 saturated carbocycles. The monoisotopic (exact) mass is 384 g/mol. The Kier molecular flexibility index (Phi) is 4.46. The number of thiophene rings is 2. The Balaban J connectivity index is 1.92. The first-order chi connectivity index (χ1) is 10.1. The van der Waals surface area contributed by atoms with Crippen molar-refractivity contribution >= 4 is 48.0 Å². The summed E-state index contributed by atoms with van der Waals surface area (Å²) in [6.45, 7) is 4.98. The van der Waals surface area contributed by atoms with Crippen molar-refractivity contribution in [3.05, 3.63) is 38.3 Å². The van der Waals surface area contributed by atoms with Crippen LogP contribution in [-0.4, -0.2) is 9.78 Å². The minimum Gasteiger partial charge on any atom is -0.271 e. The molecular weight excluding hydrogens is 368 g/mol. The van der Waals surface area contributed by atoms with Crippen LogP contribution in [0.5, 0.6) is 0 Å². The average Bonchev–Trinajstić information content (AvgIpc) is 3.12. The number of halogens is 1. The predicted octanol–water partition coefficient (Wildman–Crippen LogP) is 4.00. The molecule has 0 aliphatic heterocycles. The molecule has 3 heterocycles. The molecule has 3 rings (SSSR count). The smallest absolute Gasteiger partial charge is 0.0738 e. The highest BCUT2D eigenvalue weighted by atomic mass is 79.9. The molecule has 21 heavy (non-hydrogen) atoms. The van der Waals surface area contributed by atoms with Crippen molar-refractivity contribution in [1.82, 2.24) is 15.2 Å². The number of hydrogen-bond donors (Lipinski definition) is 2. The van der Waals surface area contributed by atoms with Gasteiger partial charge in [-0.15, -0.1) is 22.7 Å². The van der Waals surface area contributed by atoms with E-state index in [0.717, 1.165) is 23.1 Å². The number of aryl methyl sites for hydroxylation is 2. The van der Waals surface area contributed by atoms with Crippen LogP contribution in [0.1, 0.15) is 29.2 Å². The lowest BCUT2D eigenvalue weighted by Crippen LogP contribution is -2.29. The van der Waals surface area contributed by atoms with E-state index in [4.69, 9.17) is 5.84 Å². The molecule has 3 aromatic heterocycles. The van der Waals surface area contributed by atoms with Crippen LogP contribution in [0.2, 0.25) is 0 Å². The SMILES string of the molecule is CCn1nc(C)c(Br)c1CC(NN)c1cc2sccc2s1. The lowest BCUT2D eigenvalue weighted by Gasteiger charge is -2.15. The predicted molar refractivity (Wildman–Crippen MR) is 93.8 cm³/mol. The number of fused-ring (bicyclic) bond motifs is 1. The third-order valence-electron chi connectivity index (χ3n) is 3.55. The van der Waals surface area contributed by atoms with Crippen LogP contribution in [0, 0.1) is 6.92 Å². The van der Waals surface area contributed by atoms with Gasteiger partial charge in [-0.25, -0.2) is 0 Å². The average molecular weight is 385 g/mol. The van der Waals surface area contributed by atoms with Gasteiger partial charge in [0.2, 0.25) is 0 Å². The van der Waals surface area contributed by atoms with Crippen LogP contribution in [0.15, 0.2) is 22.0 Å². The van der Waals surface area contributed by atoms with Gasteiger partial charge in [-0.2, -0.15) is 5.10 Å². The zero-order valence-electron chi connectivity index (χ0n) is 11.9. The Bertz CT molecular complexity index is 730. The molecule has 112 valence electrons. The van der Waals surface area contributed by atoms with Crippen molar-refractivity contribution in [3.63, 3.8) is 0 Å². The maximum absolute atomic E-state index is 5.81. The molecule has 0 amide bonds. The Morgan fingerprint density at radius 1 is 1.48 bits per heavy atom. The molecule has 0 fully saturated rings. The zero-order chi connectivity index (χ0) is 15.0. The van der Waals surface area contributed by atoms with E-state index < -0.39 is 0 Å². The fourth-order valence-corrected chi connectivity index (χ4v) is 5.08. The summed E-state index contributed by atoms with van der Waals surface area (Å²) in [6.07, 6.45) is 0.819. The molecule has 3 N–H and O–H groups in total. The normalized spacial score (nSPS) is 13.1. The summed E-state index contributed by atoms with van der Waals surface area (Å²) in [4.78, 5) is 1.27. The van der Waals surface area contributed by atoms with Gasteiger partial charge in [-0.1, -0.05) is 0 Å². The van der Waals surface area contributed by atoms with Gasteiger partial charge in [0, 0.05) is 27.2 Å². The molecule has 0 spiro atoms. The molecule has 0 aromatic carbocycles. The maximum Gasteiger partial charge on any atom is 0.0738 e. The van der Waals surface area contributed by atoms with Crippen LogP contribution in [0.25, 0.3) is 9.40 Å². The van der Waals surface area contributed by atoms with Gasteiger partial charge in [0.15, 0.2) is 0 Å². The quantitative estimate of drug-likeness (QED) is 0.516. The Morgan fingerprint density at radius 3 is 2.95 bits per heavy atom.